The van der Waals surface area contributed by atoms with Gasteiger partial charge in [-0.05, 0) is 26.0 Å². The van der Waals surface area contributed by atoms with Crippen molar-refractivity contribution < 1.29 is 9.90 Å². The molecule has 17 heavy (non-hydrogen) atoms. The van der Waals surface area contributed by atoms with Crippen molar-refractivity contribution in [3.05, 3.63) is 12.1 Å². The van der Waals surface area contributed by atoms with Gasteiger partial charge in [0.05, 0.1) is 0 Å². The molecular formula is C10H11N3O2S2. The summed E-state index contributed by atoms with van der Waals surface area (Å²) >= 11 is 5.48. The van der Waals surface area contributed by atoms with Crippen molar-refractivity contribution in [3.8, 4) is 0 Å². The van der Waals surface area contributed by atoms with Gasteiger partial charge < -0.3 is 5.11 Å². The van der Waals surface area contributed by atoms with Crippen LogP contribution in [0.3, 0.4) is 0 Å². The highest BCUT2D eigenvalue weighted by molar-refractivity contribution is 7.82. The molecule has 2 rings (SSSR count). The maximum absolute atomic E-state index is 11.1. The third-order valence-corrected chi connectivity index (χ3v) is 3.34. The minimum Gasteiger partial charge on any atom is -0.465 e. The van der Waals surface area contributed by atoms with E-state index in [9.17, 15) is 4.79 Å². The van der Waals surface area contributed by atoms with Gasteiger partial charge in [-0.25, -0.2) is 14.8 Å². The van der Waals surface area contributed by atoms with Crippen LogP contribution < -0.4 is 4.90 Å². The Bertz CT molecular complexity index is 568. The Balaban J connectivity index is 2.50. The Morgan fingerprint density at radius 1 is 1.47 bits per heavy atom. The molecule has 0 saturated heterocycles. The molecule has 0 radical (unpaired) electrons. The normalized spacial score (nSPS) is 11.1. The van der Waals surface area contributed by atoms with Gasteiger partial charge in [-0.3, -0.25) is 4.90 Å². The van der Waals surface area contributed by atoms with Gasteiger partial charge in [0.1, 0.15) is 20.5 Å². The number of hydrogen-bond acceptors (Lipinski definition) is 5. The summed E-state index contributed by atoms with van der Waals surface area (Å²) in [5.41, 5.74) is 0.734. The summed E-state index contributed by atoms with van der Waals surface area (Å²) in [6, 6.07) is 3.25. The van der Waals surface area contributed by atoms with Gasteiger partial charge in [-0.2, -0.15) is 0 Å². The number of anilines is 1. The van der Waals surface area contributed by atoms with Gasteiger partial charge in [0.15, 0.2) is 0 Å². The molecule has 1 N–H and O–H groups in total. The molecule has 0 spiro atoms. The van der Waals surface area contributed by atoms with Crippen LogP contribution in [-0.2, 0) is 0 Å². The molecular weight excluding hydrogens is 258 g/mol. The number of hydrogen-bond donors (Lipinski definition) is 2. The number of carbonyl (C=O) groups is 1. The van der Waals surface area contributed by atoms with Crippen LogP contribution in [0.15, 0.2) is 16.5 Å². The molecule has 2 heterocycles. The molecule has 0 aromatic carbocycles. The third kappa shape index (κ3) is 2.34. The Morgan fingerprint density at radius 3 is 2.76 bits per heavy atom. The predicted molar refractivity (Wildman–Crippen MR) is 70.3 cm³/mol. The van der Waals surface area contributed by atoms with Crippen LogP contribution in [0.25, 0.3) is 10.3 Å². The highest BCUT2D eigenvalue weighted by Crippen LogP contribution is 2.26. The fraction of sp³-hybridized carbons (Fsp3) is 0.300. The zero-order valence-corrected chi connectivity index (χ0v) is 11.0. The summed E-state index contributed by atoms with van der Waals surface area (Å²) in [6.45, 7) is 3.60. The molecule has 2 aromatic heterocycles. The molecule has 0 unspecified atom stereocenters. The maximum atomic E-state index is 11.1. The van der Waals surface area contributed by atoms with Gasteiger partial charge in [0, 0.05) is 6.04 Å². The van der Waals surface area contributed by atoms with Crippen LogP contribution in [0, 0.1) is 0 Å². The van der Waals surface area contributed by atoms with Crippen molar-refractivity contribution in [1.29, 1.82) is 0 Å². The first-order valence-electron chi connectivity index (χ1n) is 4.97. The van der Waals surface area contributed by atoms with Gasteiger partial charge in [-0.1, -0.05) is 11.3 Å². The number of nitrogens with zero attached hydrogens (tertiary/aromatic N) is 3. The summed E-state index contributed by atoms with van der Waals surface area (Å²) in [5, 5.41) is 9.13. The van der Waals surface area contributed by atoms with E-state index in [-0.39, 0.29) is 6.04 Å². The highest BCUT2D eigenvalue weighted by atomic mass is 32.2. The number of carboxylic acid groups (broad SMARTS) is 1. The first-order chi connectivity index (χ1) is 7.99. The minimum atomic E-state index is -1.01. The predicted octanol–water partition coefficient (Wildman–Crippen LogP) is 2.87. The Morgan fingerprint density at radius 2 is 2.18 bits per heavy atom. The van der Waals surface area contributed by atoms with E-state index in [1.54, 1.807) is 26.0 Å². The maximum Gasteiger partial charge on any atom is 0.413 e. The van der Waals surface area contributed by atoms with Gasteiger partial charge in [0.25, 0.3) is 0 Å². The fourth-order valence-corrected chi connectivity index (χ4v) is 2.55. The number of pyridine rings is 1. The second kappa shape index (κ2) is 4.50. The Hall–Kier alpha value is -1.34. The molecule has 2 aromatic rings. The minimum absolute atomic E-state index is 0.166. The third-order valence-electron chi connectivity index (χ3n) is 2.20. The van der Waals surface area contributed by atoms with E-state index >= 15 is 0 Å². The standard InChI is InChI=1S/C10H11N3O2S2/c1-5(2)13(10(14)15)7-4-3-6-8(12-7)17-9(16)11-6/h3-5H,1-2H3,(H,11,16)(H,14,15). The number of thiol groups is 1. The first kappa shape index (κ1) is 12.1. The second-order valence-electron chi connectivity index (χ2n) is 3.74. The fourth-order valence-electron chi connectivity index (χ4n) is 1.51. The van der Waals surface area contributed by atoms with Crippen molar-refractivity contribution in [1.82, 2.24) is 9.97 Å². The summed E-state index contributed by atoms with van der Waals surface area (Å²) in [4.78, 5) is 21.5. The van der Waals surface area contributed by atoms with Crippen LogP contribution >= 0.6 is 24.0 Å². The van der Waals surface area contributed by atoms with Crippen molar-refractivity contribution in [2.75, 3.05) is 4.90 Å². The molecule has 0 atom stereocenters. The highest BCUT2D eigenvalue weighted by Gasteiger charge is 2.19. The second-order valence-corrected chi connectivity index (χ2v) is 5.44. The Labute approximate surface area is 108 Å². The largest absolute Gasteiger partial charge is 0.465 e. The lowest BCUT2D eigenvalue weighted by molar-refractivity contribution is 0.200. The zero-order valence-electron chi connectivity index (χ0n) is 9.28. The molecule has 0 saturated carbocycles. The number of fused-ring (bicyclic) bond motifs is 1. The molecule has 90 valence electrons. The molecule has 0 fully saturated rings. The van der Waals surface area contributed by atoms with E-state index in [0.717, 1.165) is 5.52 Å². The van der Waals surface area contributed by atoms with E-state index in [1.807, 2.05) is 0 Å². The summed E-state index contributed by atoms with van der Waals surface area (Å²) in [6.07, 6.45) is -1.01. The van der Waals surface area contributed by atoms with Crippen LogP contribution in [0.4, 0.5) is 10.6 Å². The topological polar surface area (TPSA) is 66.3 Å². The van der Waals surface area contributed by atoms with Gasteiger partial charge >= 0.3 is 6.09 Å². The average Bonchev–Trinajstić information content (AvgIpc) is 2.56. The summed E-state index contributed by atoms with van der Waals surface area (Å²) in [5.74, 6) is 0.414. The van der Waals surface area contributed by atoms with Crippen molar-refractivity contribution in [2.24, 2.45) is 0 Å². The quantitative estimate of drug-likeness (QED) is 0.823. The van der Waals surface area contributed by atoms with Crippen molar-refractivity contribution >= 4 is 46.2 Å². The molecule has 1 amide bonds. The van der Waals surface area contributed by atoms with Crippen LogP contribution in [0.1, 0.15) is 13.8 Å². The molecule has 0 bridgehead atoms. The monoisotopic (exact) mass is 269 g/mol. The van der Waals surface area contributed by atoms with Crippen molar-refractivity contribution in [2.45, 2.75) is 24.2 Å². The van der Waals surface area contributed by atoms with E-state index in [2.05, 4.69) is 22.6 Å². The lowest BCUT2D eigenvalue weighted by Gasteiger charge is -2.21. The van der Waals surface area contributed by atoms with Crippen molar-refractivity contribution in [3.63, 3.8) is 0 Å². The smallest absolute Gasteiger partial charge is 0.413 e. The molecule has 7 heteroatoms. The Kier molecular flexibility index (Phi) is 3.21. The lowest BCUT2D eigenvalue weighted by Crippen LogP contribution is -2.36. The summed E-state index contributed by atoms with van der Waals surface area (Å²) in [7, 11) is 0. The SMILES string of the molecule is CC(C)N(C(=O)O)c1ccc2nc(S)sc2n1. The number of rotatable bonds is 2. The molecule has 0 aliphatic heterocycles. The molecule has 0 aliphatic rings. The van der Waals surface area contributed by atoms with E-state index < -0.39 is 6.09 Å². The number of aromatic nitrogens is 2. The van der Waals surface area contributed by atoms with Gasteiger partial charge in [-0.15, -0.1) is 12.6 Å². The van der Waals surface area contributed by atoms with E-state index in [0.29, 0.717) is 15.0 Å². The average molecular weight is 269 g/mol. The van der Waals surface area contributed by atoms with E-state index in [4.69, 9.17) is 5.11 Å². The van der Waals surface area contributed by atoms with Crippen LogP contribution in [0.5, 0.6) is 0 Å². The van der Waals surface area contributed by atoms with Crippen LogP contribution in [0.2, 0.25) is 0 Å². The van der Waals surface area contributed by atoms with Gasteiger partial charge in [0.2, 0.25) is 0 Å². The number of thiazole rings is 1. The van der Waals surface area contributed by atoms with E-state index in [1.165, 1.54) is 16.2 Å². The molecule has 0 aliphatic carbocycles. The lowest BCUT2D eigenvalue weighted by atomic mass is 10.3. The van der Waals surface area contributed by atoms with Crippen LogP contribution in [-0.4, -0.2) is 27.2 Å². The zero-order chi connectivity index (χ0) is 12.6. The first-order valence-corrected chi connectivity index (χ1v) is 6.24. The summed E-state index contributed by atoms with van der Waals surface area (Å²) < 4.78 is 0.621. The number of amides is 1. The molecule has 5 nitrogen and oxygen atoms in total.